The van der Waals surface area contributed by atoms with Crippen LogP contribution in [0.25, 0.3) is 10.9 Å². The third kappa shape index (κ3) is 5.29. The summed E-state index contributed by atoms with van der Waals surface area (Å²) in [6.07, 6.45) is 0.873. The van der Waals surface area contributed by atoms with E-state index < -0.39 is 18.1 Å². The predicted molar refractivity (Wildman–Crippen MR) is 129 cm³/mol. The number of aromatic nitrogens is 2. The number of fused-ring (bicyclic) bond motifs is 1. The summed E-state index contributed by atoms with van der Waals surface area (Å²) < 4.78 is 44.5. The van der Waals surface area contributed by atoms with Crippen LogP contribution in [0.4, 0.5) is 20.3 Å². The van der Waals surface area contributed by atoms with E-state index in [-0.39, 0.29) is 17.8 Å². The quantitative estimate of drug-likeness (QED) is 0.410. The molecule has 0 radical (unpaired) electrons. The molecule has 0 saturated carbocycles. The fourth-order valence-corrected chi connectivity index (χ4v) is 4.40. The zero-order valence-corrected chi connectivity index (χ0v) is 20.0. The molecule has 0 amide bonds. The van der Waals surface area contributed by atoms with Crippen molar-refractivity contribution >= 4 is 22.4 Å². The number of methoxy groups -OCH3 is 2. The molecular weight excluding hydrogens is 458 g/mol. The van der Waals surface area contributed by atoms with Crippen LogP contribution in [0.5, 0.6) is 5.75 Å². The van der Waals surface area contributed by atoms with Gasteiger partial charge in [0.15, 0.2) is 0 Å². The van der Waals surface area contributed by atoms with Gasteiger partial charge < -0.3 is 30.4 Å². The third-order valence-electron chi connectivity index (χ3n) is 6.17. The van der Waals surface area contributed by atoms with Crippen molar-refractivity contribution in [2.24, 2.45) is 0 Å². The van der Waals surface area contributed by atoms with Gasteiger partial charge in [0.2, 0.25) is 0 Å². The molecule has 8 nitrogen and oxygen atoms in total. The van der Waals surface area contributed by atoms with Gasteiger partial charge in [-0.1, -0.05) is 0 Å². The lowest BCUT2D eigenvalue weighted by molar-refractivity contribution is -0.0699. The molecule has 4 N–H and O–H groups in total. The van der Waals surface area contributed by atoms with Gasteiger partial charge in [0.25, 0.3) is 5.92 Å². The molecule has 0 unspecified atom stereocenters. The Hall–Kier alpha value is -3.08. The molecule has 0 aliphatic carbocycles. The molecule has 2 heterocycles. The standard InChI is InChI=1S/C25H30F2N4O4/c1-15-30-21-12-22(34-3)20(24(32)4-6-35-7-5-24)11-19(21)23(31-15)29-13-16-8-17(10-18(28)9-16)25(26,27)14-33-2/h8-12,32H,4-7,13-14,28H2,1-3H3,(H,29,30,31). The molecule has 4 rings (SSSR count). The number of anilines is 2. The molecule has 1 aliphatic heterocycles. The molecule has 188 valence electrons. The summed E-state index contributed by atoms with van der Waals surface area (Å²) in [6.45, 7) is 2.11. The van der Waals surface area contributed by atoms with E-state index >= 15 is 0 Å². The lowest BCUT2D eigenvalue weighted by atomic mass is 9.85. The molecule has 1 aromatic heterocycles. The number of nitrogens with one attached hydrogen (secondary N) is 1. The first-order valence-corrected chi connectivity index (χ1v) is 11.3. The Morgan fingerprint density at radius 1 is 1.14 bits per heavy atom. The highest BCUT2D eigenvalue weighted by molar-refractivity contribution is 5.91. The van der Waals surface area contributed by atoms with E-state index in [0.29, 0.717) is 65.5 Å². The first kappa shape index (κ1) is 25.0. The monoisotopic (exact) mass is 488 g/mol. The van der Waals surface area contributed by atoms with E-state index in [0.717, 1.165) is 0 Å². The van der Waals surface area contributed by atoms with Crippen molar-refractivity contribution in [2.75, 3.05) is 45.1 Å². The maximum absolute atomic E-state index is 14.4. The van der Waals surface area contributed by atoms with Crippen molar-refractivity contribution in [2.45, 2.75) is 37.8 Å². The second kappa shape index (κ2) is 9.88. The van der Waals surface area contributed by atoms with Crippen molar-refractivity contribution in [3.05, 3.63) is 52.8 Å². The minimum Gasteiger partial charge on any atom is -0.496 e. The van der Waals surface area contributed by atoms with E-state index in [9.17, 15) is 13.9 Å². The zero-order valence-electron chi connectivity index (χ0n) is 20.0. The van der Waals surface area contributed by atoms with Crippen LogP contribution >= 0.6 is 0 Å². The maximum atomic E-state index is 14.4. The second-order valence-corrected chi connectivity index (χ2v) is 8.79. The number of ether oxygens (including phenoxy) is 3. The largest absolute Gasteiger partial charge is 0.496 e. The molecule has 1 fully saturated rings. The topological polar surface area (TPSA) is 112 Å². The second-order valence-electron chi connectivity index (χ2n) is 8.79. The number of hydrogen-bond acceptors (Lipinski definition) is 8. The first-order chi connectivity index (χ1) is 16.6. The average Bonchev–Trinajstić information content (AvgIpc) is 2.81. The van der Waals surface area contributed by atoms with Crippen LogP contribution in [0.2, 0.25) is 0 Å². The van der Waals surface area contributed by atoms with Gasteiger partial charge >= 0.3 is 0 Å². The predicted octanol–water partition coefficient (Wildman–Crippen LogP) is 3.88. The van der Waals surface area contributed by atoms with Gasteiger partial charge in [-0.25, -0.2) is 9.97 Å². The molecule has 1 aliphatic rings. The van der Waals surface area contributed by atoms with E-state index in [1.54, 1.807) is 26.2 Å². The summed E-state index contributed by atoms with van der Waals surface area (Å²) in [4.78, 5) is 9.05. The van der Waals surface area contributed by atoms with Crippen molar-refractivity contribution in [1.82, 2.24) is 9.97 Å². The minimum atomic E-state index is -3.16. The molecule has 2 aromatic carbocycles. The molecule has 0 atom stereocenters. The molecule has 0 spiro atoms. The summed E-state index contributed by atoms with van der Waals surface area (Å²) in [5.41, 5.74) is 6.66. The fourth-order valence-electron chi connectivity index (χ4n) is 4.40. The number of hydrogen-bond donors (Lipinski definition) is 3. The van der Waals surface area contributed by atoms with Gasteiger partial charge in [-0.2, -0.15) is 8.78 Å². The SMILES string of the molecule is COCC(F)(F)c1cc(N)cc(CNc2nc(C)nc3cc(OC)c(C4(O)CCOCC4)cc23)c1. The van der Waals surface area contributed by atoms with Crippen LogP contribution in [-0.4, -0.2) is 49.1 Å². The zero-order chi connectivity index (χ0) is 25.2. The first-order valence-electron chi connectivity index (χ1n) is 11.3. The van der Waals surface area contributed by atoms with E-state index in [2.05, 4.69) is 20.0 Å². The van der Waals surface area contributed by atoms with Gasteiger partial charge in [-0.3, -0.25) is 0 Å². The van der Waals surface area contributed by atoms with Gasteiger partial charge in [0.1, 0.15) is 24.0 Å². The van der Waals surface area contributed by atoms with Crippen molar-refractivity contribution in [3.8, 4) is 5.75 Å². The number of nitrogens with zero attached hydrogens (tertiary/aromatic N) is 2. The van der Waals surface area contributed by atoms with Gasteiger partial charge in [-0.15, -0.1) is 0 Å². The van der Waals surface area contributed by atoms with Gasteiger partial charge in [0, 0.05) is 68.0 Å². The number of nitrogen functional groups attached to an aromatic ring is 1. The van der Waals surface area contributed by atoms with Crippen molar-refractivity contribution in [3.63, 3.8) is 0 Å². The summed E-state index contributed by atoms with van der Waals surface area (Å²) in [6, 6.07) is 7.90. The van der Waals surface area contributed by atoms with E-state index in [1.807, 2.05) is 6.07 Å². The Morgan fingerprint density at radius 3 is 2.57 bits per heavy atom. The smallest absolute Gasteiger partial charge is 0.296 e. The van der Waals surface area contributed by atoms with Gasteiger partial charge in [0.05, 0.1) is 18.2 Å². The Balaban J connectivity index is 1.71. The molecular formula is C25H30F2N4O4. The molecule has 0 bridgehead atoms. The van der Waals surface area contributed by atoms with Crippen LogP contribution in [-0.2, 0) is 27.5 Å². The Kier molecular flexibility index (Phi) is 7.07. The highest BCUT2D eigenvalue weighted by Crippen LogP contribution is 2.40. The van der Waals surface area contributed by atoms with E-state index in [4.69, 9.17) is 15.2 Å². The number of benzene rings is 2. The third-order valence-corrected chi connectivity index (χ3v) is 6.17. The number of aliphatic hydroxyl groups is 1. The van der Waals surface area contributed by atoms with Crippen molar-refractivity contribution in [1.29, 1.82) is 0 Å². The Morgan fingerprint density at radius 2 is 1.89 bits per heavy atom. The van der Waals surface area contributed by atoms with Crippen LogP contribution in [0, 0.1) is 6.92 Å². The number of aryl methyl sites for hydroxylation is 1. The Labute approximate surface area is 202 Å². The maximum Gasteiger partial charge on any atom is 0.296 e. The molecule has 10 heteroatoms. The summed E-state index contributed by atoms with van der Waals surface area (Å²) in [7, 11) is 2.78. The Bertz CT molecular complexity index is 1220. The lowest BCUT2D eigenvalue weighted by Gasteiger charge is -2.33. The van der Waals surface area contributed by atoms with Crippen LogP contribution in [0.1, 0.15) is 35.4 Å². The highest BCUT2D eigenvalue weighted by Gasteiger charge is 2.35. The number of nitrogens with two attached hydrogens (primary N) is 1. The van der Waals surface area contributed by atoms with Crippen LogP contribution in [0.15, 0.2) is 30.3 Å². The molecule has 3 aromatic rings. The molecule has 1 saturated heterocycles. The average molecular weight is 489 g/mol. The minimum absolute atomic E-state index is 0.201. The normalized spacial score (nSPS) is 15.8. The van der Waals surface area contributed by atoms with E-state index in [1.165, 1.54) is 19.2 Å². The van der Waals surface area contributed by atoms with Crippen molar-refractivity contribution < 1.29 is 28.1 Å². The van der Waals surface area contributed by atoms with Gasteiger partial charge in [-0.05, 0) is 36.8 Å². The summed E-state index contributed by atoms with van der Waals surface area (Å²) in [5.74, 6) is -1.59. The summed E-state index contributed by atoms with van der Waals surface area (Å²) >= 11 is 0. The molecule has 35 heavy (non-hydrogen) atoms. The lowest BCUT2D eigenvalue weighted by Crippen LogP contribution is -2.33. The number of alkyl halides is 2. The summed E-state index contributed by atoms with van der Waals surface area (Å²) in [5, 5.41) is 15.2. The van der Waals surface area contributed by atoms with Crippen LogP contribution in [0.3, 0.4) is 0 Å². The van der Waals surface area contributed by atoms with Crippen LogP contribution < -0.4 is 15.8 Å². The fraction of sp³-hybridized carbons (Fsp3) is 0.440. The number of rotatable bonds is 8. The number of halogens is 2. The highest BCUT2D eigenvalue weighted by atomic mass is 19.3.